The molecule has 0 saturated heterocycles. The lowest BCUT2D eigenvalue weighted by atomic mass is 10.5. The third-order valence-electron chi connectivity index (χ3n) is 1.87. The van der Waals surface area contributed by atoms with Gasteiger partial charge in [-0.15, -0.1) is 5.10 Å². The van der Waals surface area contributed by atoms with Crippen LogP contribution in [0.4, 0.5) is 4.39 Å². The fourth-order valence-corrected chi connectivity index (χ4v) is 1.15. The van der Waals surface area contributed by atoms with Gasteiger partial charge in [0, 0.05) is 6.61 Å². The van der Waals surface area contributed by atoms with E-state index in [-0.39, 0.29) is 6.61 Å². The molecule has 0 aliphatic heterocycles. The van der Waals surface area contributed by atoms with Crippen molar-refractivity contribution in [3.05, 3.63) is 11.9 Å². The molecule has 92 valence electrons. The topological polar surface area (TPSA) is 49.2 Å². The zero-order chi connectivity index (χ0) is 11.6. The molecule has 16 heavy (non-hydrogen) atoms. The molecule has 1 rings (SSSR count). The molecule has 0 radical (unpaired) electrons. The zero-order valence-electron chi connectivity index (χ0n) is 9.56. The number of aromatic nitrogens is 3. The molecule has 0 aliphatic carbocycles. The summed E-state index contributed by atoms with van der Waals surface area (Å²) >= 11 is 0. The summed E-state index contributed by atoms with van der Waals surface area (Å²) in [4.78, 5) is 0. The second kappa shape index (κ2) is 8.18. The Kier molecular flexibility index (Phi) is 6.67. The minimum Gasteiger partial charge on any atom is -0.377 e. The summed E-state index contributed by atoms with van der Waals surface area (Å²) in [6, 6.07) is 0. The molecule has 1 aromatic heterocycles. The first-order valence-corrected chi connectivity index (χ1v) is 5.47. The normalized spacial score (nSPS) is 10.9. The van der Waals surface area contributed by atoms with Gasteiger partial charge in [-0.25, -0.2) is 9.07 Å². The Morgan fingerprint density at radius 3 is 2.94 bits per heavy atom. The highest BCUT2D eigenvalue weighted by atomic mass is 18.2. The lowest BCUT2D eigenvalue weighted by Crippen LogP contribution is -2.08. The molecule has 0 saturated carbocycles. The van der Waals surface area contributed by atoms with Crippen LogP contribution in [0.5, 0.6) is 0 Å². The molecule has 0 spiro atoms. The van der Waals surface area contributed by atoms with Crippen LogP contribution in [-0.4, -0.2) is 41.5 Å². The van der Waals surface area contributed by atoms with E-state index in [0.29, 0.717) is 19.8 Å². The number of ether oxygens (including phenoxy) is 2. The van der Waals surface area contributed by atoms with Crippen molar-refractivity contribution >= 4 is 0 Å². The van der Waals surface area contributed by atoms with E-state index in [4.69, 9.17) is 9.47 Å². The maximum atomic E-state index is 11.7. The van der Waals surface area contributed by atoms with Crippen LogP contribution in [-0.2, 0) is 22.6 Å². The van der Waals surface area contributed by atoms with E-state index in [1.54, 1.807) is 4.68 Å². The third kappa shape index (κ3) is 5.18. The van der Waals surface area contributed by atoms with Gasteiger partial charge in [-0.05, 0) is 6.42 Å². The van der Waals surface area contributed by atoms with Crippen LogP contribution >= 0.6 is 0 Å². The second-order valence-electron chi connectivity index (χ2n) is 3.33. The fourth-order valence-electron chi connectivity index (χ4n) is 1.15. The van der Waals surface area contributed by atoms with E-state index in [1.807, 2.05) is 6.20 Å². The summed E-state index contributed by atoms with van der Waals surface area (Å²) in [5, 5.41) is 7.85. The van der Waals surface area contributed by atoms with Crippen molar-refractivity contribution in [2.24, 2.45) is 0 Å². The maximum Gasteiger partial charge on any atom is 0.113 e. The van der Waals surface area contributed by atoms with Crippen molar-refractivity contribution in [1.29, 1.82) is 0 Å². The van der Waals surface area contributed by atoms with Crippen LogP contribution in [0, 0.1) is 0 Å². The van der Waals surface area contributed by atoms with E-state index < -0.39 is 6.67 Å². The van der Waals surface area contributed by atoms with Crippen molar-refractivity contribution < 1.29 is 13.9 Å². The van der Waals surface area contributed by atoms with Gasteiger partial charge in [0.25, 0.3) is 0 Å². The number of hydrogen-bond donors (Lipinski definition) is 0. The van der Waals surface area contributed by atoms with Gasteiger partial charge in [0.2, 0.25) is 0 Å². The summed E-state index contributed by atoms with van der Waals surface area (Å²) in [7, 11) is 0. The molecular weight excluding hydrogens is 212 g/mol. The maximum absolute atomic E-state index is 11.7. The Labute approximate surface area is 94.5 Å². The van der Waals surface area contributed by atoms with Crippen LogP contribution in [0.25, 0.3) is 0 Å². The number of halogens is 1. The first-order valence-electron chi connectivity index (χ1n) is 5.47. The number of nitrogens with zero attached hydrogens (tertiary/aromatic N) is 3. The first kappa shape index (κ1) is 13.1. The molecule has 1 heterocycles. The van der Waals surface area contributed by atoms with Crippen molar-refractivity contribution in [3.63, 3.8) is 0 Å². The molecule has 0 fully saturated rings. The van der Waals surface area contributed by atoms with E-state index >= 15 is 0 Å². The molecule has 0 atom stereocenters. The quantitative estimate of drug-likeness (QED) is 0.598. The zero-order valence-corrected chi connectivity index (χ0v) is 9.56. The molecule has 5 nitrogen and oxygen atoms in total. The van der Waals surface area contributed by atoms with Crippen molar-refractivity contribution in [2.45, 2.75) is 26.5 Å². The predicted molar refractivity (Wildman–Crippen MR) is 56.8 cm³/mol. The Hall–Kier alpha value is -1.01. The molecule has 0 unspecified atom stereocenters. The second-order valence-corrected chi connectivity index (χ2v) is 3.33. The van der Waals surface area contributed by atoms with Crippen LogP contribution in [0.2, 0.25) is 0 Å². The molecule has 0 bridgehead atoms. The average Bonchev–Trinajstić information content (AvgIpc) is 2.73. The summed E-state index contributed by atoms with van der Waals surface area (Å²) in [6.07, 6.45) is 2.81. The van der Waals surface area contributed by atoms with Gasteiger partial charge < -0.3 is 9.47 Å². The van der Waals surface area contributed by atoms with Gasteiger partial charge in [0.05, 0.1) is 32.6 Å². The van der Waals surface area contributed by atoms with Crippen molar-refractivity contribution in [1.82, 2.24) is 15.0 Å². The predicted octanol–water partition coefficient (Wildman–Crippen LogP) is 1.19. The van der Waals surface area contributed by atoms with E-state index in [0.717, 1.165) is 18.7 Å². The standard InChI is InChI=1S/C10H18FN3O2/c1-2-5-16-9-10-8-14(13-12-10)4-7-15-6-3-11/h8H,2-7,9H2,1H3/i11-1. The highest BCUT2D eigenvalue weighted by Crippen LogP contribution is 1.96. The van der Waals surface area contributed by atoms with Crippen LogP contribution in [0.1, 0.15) is 19.0 Å². The molecule has 1 aromatic rings. The van der Waals surface area contributed by atoms with Crippen LogP contribution in [0.3, 0.4) is 0 Å². The van der Waals surface area contributed by atoms with E-state index in [1.165, 1.54) is 0 Å². The lowest BCUT2D eigenvalue weighted by molar-refractivity contribution is 0.109. The Morgan fingerprint density at radius 1 is 1.31 bits per heavy atom. The van der Waals surface area contributed by atoms with Gasteiger partial charge in [-0.2, -0.15) is 0 Å². The number of rotatable bonds is 9. The molecule has 0 N–H and O–H groups in total. The van der Waals surface area contributed by atoms with E-state index in [2.05, 4.69) is 17.2 Å². The summed E-state index contributed by atoms with van der Waals surface area (Å²) in [5.41, 5.74) is 0.805. The number of hydrogen-bond acceptors (Lipinski definition) is 4. The van der Waals surface area contributed by atoms with Gasteiger partial charge in [-0.3, -0.25) is 0 Å². The first-order chi connectivity index (χ1) is 7.86. The smallest absolute Gasteiger partial charge is 0.113 e. The summed E-state index contributed by atoms with van der Waals surface area (Å²) < 4.78 is 23.7. The average molecular weight is 230 g/mol. The van der Waals surface area contributed by atoms with Gasteiger partial charge in [0.1, 0.15) is 12.4 Å². The fraction of sp³-hybridized carbons (Fsp3) is 0.800. The Bertz CT molecular complexity index is 281. The van der Waals surface area contributed by atoms with Gasteiger partial charge >= 0.3 is 0 Å². The molecule has 0 amide bonds. The van der Waals surface area contributed by atoms with Crippen LogP contribution in [0.15, 0.2) is 6.20 Å². The largest absolute Gasteiger partial charge is 0.377 e. The van der Waals surface area contributed by atoms with E-state index in [9.17, 15) is 4.39 Å². The molecule has 0 aliphatic rings. The molecular formula is C10H18FN3O2. The minimum absolute atomic E-state index is 0.140. The van der Waals surface area contributed by atoms with Gasteiger partial charge in [0.15, 0.2) is 0 Å². The molecule has 0 aromatic carbocycles. The van der Waals surface area contributed by atoms with Crippen molar-refractivity contribution in [3.8, 4) is 0 Å². The minimum atomic E-state index is -0.451. The SMILES string of the molecule is CCCOCc1cn(CCOCC[18F])nn1. The monoisotopic (exact) mass is 230 g/mol. The number of alkyl halides is 1. The highest BCUT2D eigenvalue weighted by Gasteiger charge is 2.00. The third-order valence-corrected chi connectivity index (χ3v) is 1.87. The molecule has 6 heteroatoms. The Morgan fingerprint density at radius 2 is 2.19 bits per heavy atom. The lowest BCUT2D eigenvalue weighted by Gasteiger charge is -2.00. The Balaban J connectivity index is 2.17. The van der Waals surface area contributed by atoms with Gasteiger partial charge in [-0.1, -0.05) is 12.1 Å². The van der Waals surface area contributed by atoms with Crippen LogP contribution < -0.4 is 0 Å². The summed E-state index contributed by atoms with van der Waals surface area (Å²) in [6.45, 7) is 3.99. The summed E-state index contributed by atoms with van der Waals surface area (Å²) in [5.74, 6) is 0. The highest BCUT2D eigenvalue weighted by molar-refractivity contribution is 4.89. The van der Waals surface area contributed by atoms with Crippen molar-refractivity contribution in [2.75, 3.05) is 26.5 Å².